The molecule has 2 atom stereocenters. The SMILES string of the molecule is CC(Oc1nc(-c2ccc3cnn(C)c3c2)cc2ncn(C)c12)C1CNC(=O)C1. The van der Waals surface area contributed by atoms with E-state index in [0.717, 1.165) is 33.2 Å². The van der Waals surface area contributed by atoms with Gasteiger partial charge in [-0.1, -0.05) is 12.1 Å². The van der Waals surface area contributed by atoms with Crippen LogP contribution in [0.15, 0.2) is 36.8 Å². The molecule has 0 bridgehead atoms. The molecule has 8 nitrogen and oxygen atoms in total. The highest BCUT2D eigenvalue weighted by Gasteiger charge is 2.29. The van der Waals surface area contributed by atoms with Crippen LogP contribution < -0.4 is 10.1 Å². The van der Waals surface area contributed by atoms with Crippen molar-refractivity contribution in [1.29, 1.82) is 0 Å². The number of ether oxygens (including phenoxy) is 1. The van der Waals surface area contributed by atoms with Crippen LogP contribution in [0.3, 0.4) is 0 Å². The van der Waals surface area contributed by atoms with Gasteiger partial charge in [0.1, 0.15) is 11.6 Å². The molecule has 1 amide bonds. The van der Waals surface area contributed by atoms with Crippen LogP contribution >= 0.6 is 0 Å². The predicted octanol–water partition coefficient (Wildman–Crippen LogP) is 2.43. The van der Waals surface area contributed by atoms with Crippen LogP contribution in [0, 0.1) is 5.92 Å². The molecular formula is C21H22N6O2. The summed E-state index contributed by atoms with van der Waals surface area (Å²) in [5, 5.41) is 8.27. The lowest BCUT2D eigenvalue weighted by atomic mass is 10.0. The van der Waals surface area contributed by atoms with Gasteiger partial charge in [0.2, 0.25) is 11.8 Å². The van der Waals surface area contributed by atoms with Gasteiger partial charge in [-0.25, -0.2) is 9.97 Å². The lowest BCUT2D eigenvalue weighted by Gasteiger charge is -2.20. The molecule has 2 unspecified atom stereocenters. The highest BCUT2D eigenvalue weighted by atomic mass is 16.5. The normalized spacial score (nSPS) is 17.8. The van der Waals surface area contributed by atoms with E-state index in [-0.39, 0.29) is 17.9 Å². The third kappa shape index (κ3) is 3.00. The number of carbonyl (C=O) groups is 1. The number of pyridine rings is 1. The van der Waals surface area contributed by atoms with Crippen molar-refractivity contribution in [2.24, 2.45) is 20.0 Å². The summed E-state index contributed by atoms with van der Waals surface area (Å²) in [6, 6.07) is 8.13. The van der Waals surface area contributed by atoms with Crippen molar-refractivity contribution in [2.75, 3.05) is 6.54 Å². The highest BCUT2D eigenvalue weighted by Crippen LogP contribution is 2.31. The largest absolute Gasteiger partial charge is 0.473 e. The number of rotatable bonds is 4. The molecule has 8 heteroatoms. The number of imidazole rings is 1. The Hall–Kier alpha value is -3.42. The van der Waals surface area contributed by atoms with E-state index >= 15 is 0 Å². The van der Waals surface area contributed by atoms with Crippen molar-refractivity contribution in [2.45, 2.75) is 19.4 Å². The summed E-state index contributed by atoms with van der Waals surface area (Å²) in [6.45, 7) is 2.62. The summed E-state index contributed by atoms with van der Waals surface area (Å²) in [5.74, 6) is 0.735. The van der Waals surface area contributed by atoms with Crippen molar-refractivity contribution in [3.8, 4) is 17.1 Å². The Morgan fingerprint density at radius 2 is 2.14 bits per heavy atom. The summed E-state index contributed by atoms with van der Waals surface area (Å²) >= 11 is 0. The number of fused-ring (bicyclic) bond motifs is 2. The minimum atomic E-state index is -0.144. The van der Waals surface area contributed by atoms with Gasteiger partial charge in [-0.05, 0) is 19.1 Å². The molecule has 1 aliphatic rings. The second-order valence-corrected chi connectivity index (χ2v) is 7.67. The Kier molecular flexibility index (Phi) is 4.01. The molecule has 29 heavy (non-hydrogen) atoms. The van der Waals surface area contributed by atoms with Crippen LogP contribution in [0.25, 0.3) is 33.2 Å². The zero-order valence-electron chi connectivity index (χ0n) is 16.6. The van der Waals surface area contributed by atoms with E-state index in [2.05, 4.69) is 21.5 Å². The monoisotopic (exact) mass is 390 g/mol. The first kappa shape index (κ1) is 17.7. The molecule has 0 saturated carbocycles. The van der Waals surface area contributed by atoms with E-state index in [1.807, 2.05) is 54.7 Å². The maximum Gasteiger partial charge on any atom is 0.241 e. The third-order valence-corrected chi connectivity index (χ3v) is 5.68. The summed E-state index contributed by atoms with van der Waals surface area (Å²) < 4.78 is 10.0. The number of carbonyl (C=O) groups excluding carboxylic acids is 1. The second-order valence-electron chi connectivity index (χ2n) is 7.67. The van der Waals surface area contributed by atoms with Crippen molar-refractivity contribution in [3.05, 3.63) is 36.8 Å². The quantitative estimate of drug-likeness (QED) is 0.578. The maximum atomic E-state index is 11.6. The van der Waals surface area contributed by atoms with Crippen molar-refractivity contribution >= 4 is 27.8 Å². The first-order valence-corrected chi connectivity index (χ1v) is 9.67. The molecule has 4 heterocycles. The zero-order valence-corrected chi connectivity index (χ0v) is 16.6. The van der Waals surface area contributed by atoms with Crippen molar-refractivity contribution < 1.29 is 9.53 Å². The van der Waals surface area contributed by atoms with Gasteiger partial charge in [0.25, 0.3) is 0 Å². The fourth-order valence-corrected chi connectivity index (χ4v) is 3.90. The second kappa shape index (κ2) is 6.58. The molecular weight excluding hydrogens is 368 g/mol. The Bertz CT molecular complexity index is 1240. The molecule has 0 radical (unpaired) electrons. The summed E-state index contributed by atoms with van der Waals surface area (Å²) in [7, 11) is 3.85. The average molecular weight is 390 g/mol. The lowest BCUT2D eigenvalue weighted by Crippen LogP contribution is -2.26. The lowest BCUT2D eigenvalue weighted by molar-refractivity contribution is -0.119. The van der Waals surface area contributed by atoms with Gasteiger partial charge in [-0.3, -0.25) is 9.48 Å². The van der Waals surface area contributed by atoms with Gasteiger partial charge >= 0.3 is 0 Å². The molecule has 3 aromatic heterocycles. The summed E-state index contributed by atoms with van der Waals surface area (Å²) in [4.78, 5) is 20.9. The van der Waals surface area contributed by atoms with Gasteiger partial charge in [-0.2, -0.15) is 5.10 Å². The van der Waals surface area contributed by atoms with Crippen LogP contribution in [-0.2, 0) is 18.9 Å². The molecule has 0 spiro atoms. The highest BCUT2D eigenvalue weighted by molar-refractivity contribution is 5.88. The molecule has 5 rings (SSSR count). The minimum Gasteiger partial charge on any atom is -0.473 e. The van der Waals surface area contributed by atoms with Gasteiger partial charge < -0.3 is 14.6 Å². The van der Waals surface area contributed by atoms with Crippen LogP contribution in [0.2, 0.25) is 0 Å². The Balaban J connectivity index is 1.58. The number of benzene rings is 1. The zero-order chi connectivity index (χ0) is 20.1. The van der Waals surface area contributed by atoms with Gasteiger partial charge in [0, 0.05) is 43.9 Å². The smallest absolute Gasteiger partial charge is 0.241 e. The molecule has 1 aliphatic heterocycles. The standard InChI is InChI=1S/C21H22N6O2/c1-12(15-7-19(28)22-9-15)29-21-20-17(23-11-26(20)2)8-16(25-21)13-4-5-14-10-24-27(3)18(14)6-13/h4-6,8,10-12,15H,7,9H2,1-3H3,(H,22,28). The molecule has 148 valence electrons. The number of aryl methyl sites for hydroxylation is 2. The van der Waals surface area contributed by atoms with Crippen LogP contribution in [0.4, 0.5) is 0 Å². The fourth-order valence-electron chi connectivity index (χ4n) is 3.90. The first-order valence-electron chi connectivity index (χ1n) is 9.67. The van der Waals surface area contributed by atoms with Crippen LogP contribution in [-0.4, -0.2) is 42.9 Å². The molecule has 1 N–H and O–H groups in total. The minimum absolute atomic E-state index is 0.0716. The van der Waals surface area contributed by atoms with E-state index in [4.69, 9.17) is 9.72 Å². The van der Waals surface area contributed by atoms with E-state index in [1.54, 1.807) is 6.33 Å². The number of aromatic nitrogens is 5. The van der Waals surface area contributed by atoms with Crippen molar-refractivity contribution in [3.63, 3.8) is 0 Å². The first-order chi connectivity index (χ1) is 14.0. The molecule has 4 aromatic rings. The number of amides is 1. The predicted molar refractivity (Wildman–Crippen MR) is 109 cm³/mol. The van der Waals surface area contributed by atoms with E-state index < -0.39 is 0 Å². The number of nitrogens with zero attached hydrogens (tertiary/aromatic N) is 5. The Morgan fingerprint density at radius 3 is 2.93 bits per heavy atom. The van der Waals surface area contributed by atoms with Crippen LogP contribution in [0.5, 0.6) is 5.88 Å². The number of hydrogen-bond acceptors (Lipinski definition) is 5. The molecule has 1 fully saturated rings. The summed E-state index contributed by atoms with van der Waals surface area (Å²) in [6.07, 6.45) is 3.95. The van der Waals surface area contributed by atoms with Crippen molar-refractivity contribution in [1.82, 2.24) is 29.6 Å². The molecule has 1 aromatic carbocycles. The van der Waals surface area contributed by atoms with Gasteiger partial charge in [-0.15, -0.1) is 0 Å². The fraction of sp³-hybridized carbons (Fsp3) is 0.333. The maximum absolute atomic E-state index is 11.6. The Morgan fingerprint density at radius 1 is 1.28 bits per heavy atom. The van der Waals surface area contributed by atoms with E-state index in [0.29, 0.717) is 18.8 Å². The third-order valence-electron chi connectivity index (χ3n) is 5.68. The van der Waals surface area contributed by atoms with E-state index in [9.17, 15) is 4.79 Å². The number of hydrogen-bond donors (Lipinski definition) is 1. The molecule has 0 aliphatic carbocycles. The Labute approximate surface area is 167 Å². The van der Waals surface area contributed by atoms with Gasteiger partial charge in [0.15, 0.2) is 0 Å². The topological polar surface area (TPSA) is 86.9 Å². The van der Waals surface area contributed by atoms with E-state index in [1.165, 1.54) is 0 Å². The summed E-state index contributed by atoms with van der Waals surface area (Å²) in [5.41, 5.74) is 4.48. The van der Waals surface area contributed by atoms with Gasteiger partial charge in [0.05, 0.1) is 29.3 Å². The number of nitrogens with one attached hydrogen (secondary N) is 1. The molecule has 1 saturated heterocycles. The van der Waals surface area contributed by atoms with Crippen LogP contribution in [0.1, 0.15) is 13.3 Å². The average Bonchev–Trinajstić information content (AvgIpc) is 3.41.